The summed E-state index contributed by atoms with van der Waals surface area (Å²) in [6, 6.07) is 6.90. The van der Waals surface area contributed by atoms with Crippen molar-refractivity contribution in [2.45, 2.75) is 65.2 Å². The molecule has 2 rings (SSSR count). The van der Waals surface area contributed by atoms with Gasteiger partial charge in [0.15, 0.2) is 0 Å². The highest BCUT2D eigenvalue weighted by atomic mass is 16.6. The number of ether oxygens (including phenoxy) is 2. The molecule has 0 spiro atoms. The molecule has 0 aliphatic carbocycles. The summed E-state index contributed by atoms with van der Waals surface area (Å²) < 4.78 is 12.2. The van der Waals surface area contributed by atoms with Crippen molar-refractivity contribution in [3.8, 4) is 0 Å². The number of aliphatic hydroxyl groups is 1. The highest BCUT2D eigenvalue weighted by Gasteiger charge is 2.23. The molecule has 0 aliphatic heterocycles. The highest BCUT2D eigenvalue weighted by molar-refractivity contribution is 5.92. The summed E-state index contributed by atoms with van der Waals surface area (Å²) >= 11 is 0. The number of hydrogen-bond acceptors (Lipinski definition) is 5. The minimum atomic E-state index is -0.628. The zero-order valence-corrected chi connectivity index (χ0v) is 17.4. The van der Waals surface area contributed by atoms with E-state index in [4.69, 9.17) is 9.47 Å². The van der Waals surface area contributed by atoms with Crippen LogP contribution in [0.3, 0.4) is 0 Å². The summed E-state index contributed by atoms with van der Waals surface area (Å²) in [5.41, 5.74) is 0.281. The highest BCUT2D eigenvalue weighted by Crippen LogP contribution is 2.24. The lowest BCUT2D eigenvalue weighted by Crippen LogP contribution is -2.42. The van der Waals surface area contributed by atoms with Gasteiger partial charge < -0.3 is 19.9 Å². The van der Waals surface area contributed by atoms with Gasteiger partial charge in [-0.3, -0.25) is 4.57 Å². The molecule has 0 aliphatic rings. The average molecular weight is 390 g/mol. The van der Waals surface area contributed by atoms with Crippen LogP contribution in [0.5, 0.6) is 0 Å². The predicted molar refractivity (Wildman–Crippen MR) is 108 cm³/mol. The molecule has 2 aromatic rings. The second-order valence-electron chi connectivity index (χ2n) is 8.75. The summed E-state index contributed by atoms with van der Waals surface area (Å²) in [5.74, 6) is 0. The maximum absolute atomic E-state index is 12.6. The maximum atomic E-state index is 12.6. The van der Waals surface area contributed by atoms with E-state index in [1.165, 1.54) is 4.57 Å². The lowest BCUT2D eigenvalue weighted by Gasteiger charge is -2.22. The molecular formula is C21H30N2O5. The quantitative estimate of drug-likeness (QED) is 0.828. The number of aliphatic hydroxyl groups excluding tert-OH is 1. The molecule has 1 aromatic carbocycles. The molecular weight excluding hydrogens is 360 g/mol. The van der Waals surface area contributed by atoms with Gasteiger partial charge in [0.1, 0.15) is 11.2 Å². The third kappa shape index (κ3) is 5.99. The SMILES string of the molecule is CC(C)(C)OC(=O)N[C@@H](CO)Cc1cn(C(=O)OC(C)(C)C)c2ccccc12. The number of amides is 1. The second kappa shape index (κ2) is 8.22. The Labute approximate surface area is 165 Å². The topological polar surface area (TPSA) is 89.8 Å². The molecule has 0 saturated carbocycles. The normalized spacial score (nSPS) is 13.2. The third-order valence-electron chi connectivity index (χ3n) is 3.79. The molecule has 0 unspecified atom stereocenters. The first-order chi connectivity index (χ1) is 12.9. The fourth-order valence-electron chi connectivity index (χ4n) is 2.78. The van der Waals surface area contributed by atoms with Gasteiger partial charge >= 0.3 is 12.2 Å². The standard InChI is InChI=1S/C21H30N2O5/c1-20(2,3)27-18(25)22-15(13-24)11-14-12-23(19(26)28-21(4,5)6)17-10-8-7-9-16(14)17/h7-10,12,15,24H,11,13H2,1-6H3,(H,22,25)/t15-/m1/s1. The molecule has 7 nitrogen and oxygen atoms in total. The van der Waals surface area contributed by atoms with Gasteiger partial charge in [0, 0.05) is 11.6 Å². The predicted octanol–water partition coefficient (Wildman–Crippen LogP) is 3.85. The van der Waals surface area contributed by atoms with Gasteiger partial charge in [0.2, 0.25) is 0 Å². The number of fused-ring (bicyclic) bond motifs is 1. The number of carbonyl (C=O) groups is 2. The van der Waals surface area contributed by atoms with E-state index < -0.39 is 29.4 Å². The Hall–Kier alpha value is -2.54. The van der Waals surface area contributed by atoms with E-state index in [2.05, 4.69) is 5.32 Å². The maximum Gasteiger partial charge on any atom is 0.419 e. The zero-order chi connectivity index (χ0) is 21.1. The molecule has 1 atom stereocenters. The van der Waals surface area contributed by atoms with E-state index in [-0.39, 0.29) is 6.61 Å². The van der Waals surface area contributed by atoms with Crippen molar-refractivity contribution in [3.05, 3.63) is 36.0 Å². The monoisotopic (exact) mass is 390 g/mol. The van der Waals surface area contributed by atoms with Crippen LogP contribution >= 0.6 is 0 Å². The second-order valence-corrected chi connectivity index (χ2v) is 8.75. The lowest BCUT2D eigenvalue weighted by atomic mass is 10.1. The Morgan fingerprint density at radius 3 is 2.25 bits per heavy atom. The molecule has 1 heterocycles. The van der Waals surface area contributed by atoms with Crippen LogP contribution in [-0.4, -0.2) is 45.7 Å². The molecule has 1 amide bonds. The fourth-order valence-corrected chi connectivity index (χ4v) is 2.78. The number of hydrogen-bond donors (Lipinski definition) is 2. The molecule has 0 fully saturated rings. The van der Waals surface area contributed by atoms with Crippen molar-refractivity contribution < 1.29 is 24.2 Å². The molecule has 0 saturated heterocycles. The Bertz CT molecular complexity index is 843. The van der Waals surface area contributed by atoms with Gasteiger partial charge in [-0.1, -0.05) is 18.2 Å². The van der Waals surface area contributed by atoms with Crippen LogP contribution in [0, 0.1) is 0 Å². The largest absolute Gasteiger partial charge is 0.444 e. The smallest absolute Gasteiger partial charge is 0.419 e. The van der Waals surface area contributed by atoms with Crippen LogP contribution in [0.1, 0.15) is 47.1 Å². The number of nitrogens with one attached hydrogen (secondary N) is 1. The van der Waals surface area contributed by atoms with Crippen LogP contribution in [-0.2, 0) is 15.9 Å². The van der Waals surface area contributed by atoms with Crippen molar-refractivity contribution in [3.63, 3.8) is 0 Å². The van der Waals surface area contributed by atoms with Gasteiger partial charge in [-0.15, -0.1) is 0 Å². The minimum Gasteiger partial charge on any atom is -0.444 e. The molecule has 154 valence electrons. The van der Waals surface area contributed by atoms with E-state index in [0.717, 1.165) is 10.9 Å². The number of alkyl carbamates (subject to hydrolysis) is 1. The minimum absolute atomic E-state index is 0.259. The Kier molecular flexibility index (Phi) is 6.39. The molecule has 1 aromatic heterocycles. The van der Waals surface area contributed by atoms with Gasteiger partial charge in [-0.25, -0.2) is 9.59 Å². The van der Waals surface area contributed by atoms with Crippen LogP contribution in [0.15, 0.2) is 30.5 Å². The third-order valence-corrected chi connectivity index (χ3v) is 3.79. The fraction of sp³-hybridized carbons (Fsp3) is 0.524. The van der Waals surface area contributed by atoms with E-state index in [9.17, 15) is 14.7 Å². The average Bonchev–Trinajstić information content (AvgIpc) is 2.90. The summed E-state index contributed by atoms with van der Waals surface area (Å²) in [6.07, 6.45) is 0.961. The van der Waals surface area contributed by atoms with Crippen LogP contribution < -0.4 is 5.32 Å². The van der Waals surface area contributed by atoms with Crippen molar-refractivity contribution in [1.82, 2.24) is 9.88 Å². The summed E-state index contributed by atoms with van der Waals surface area (Å²) in [6.45, 7) is 10.5. The summed E-state index contributed by atoms with van der Waals surface area (Å²) in [7, 11) is 0. The van der Waals surface area contributed by atoms with E-state index >= 15 is 0 Å². The van der Waals surface area contributed by atoms with Crippen LogP contribution in [0.25, 0.3) is 10.9 Å². The van der Waals surface area contributed by atoms with Crippen LogP contribution in [0.4, 0.5) is 9.59 Å². The molecule has 2 N–H and O–H groups in total. The number of nitrogens with zero attached hydrogens (tertiary/aromatic N) is 1. The number of para-hydroxylation sites is 1. The van der Waals surface area contributed by atoms with Gasteiger partial charge in [0.25, 0.3) is 0 Å². The summed E-state index contributed by atoms with van der Waals surface area (Å²) in [5, 5.41) is 13.2. The molecule has 0 radical (unpaired) electrons. The van der Waals surface area contributed by atoms with Gasteiger partial charge in [0.05, 0.1) is 18.2 Å². The Morgan fingerprint density at radius 1 is 1.07 bits per heavy atom. The van der Waals surface area contributed by atoms with Crippen molar-refractivity contribution in [1.29, 1.82) is 0 Å². The van der Waals surface area contributed by atoms with Crippen LogP contribution in [0.2, 0.25) is 0 Å². The zero-order valence-electron chi connectivity index (χ0n) is 17.4. The lowest BCUT2D eigenvalue weighted by molar-refractivity contribution is 0.0479. The number of rotatable bonds is 4. The van der Waals surface area contributed by atoms with E-state index in [1.807, 2.05) is 45.0 Å². The van der Waals surface area contributed by atoms with E-state index in [1.54, 1.807) is 27.0 Å². The van der Waals surface area contributed by atoms with Gasteiger partial charge in [-0.2, -0.15) is 0 Å². The van der Waals surface area contributed by atoms with Crippen molar-refractivity contribution >= 4 is 23.1 Å². The first-order valence-corrected chi connectivity index (χ1v) is 9.32. The summed E-state index contributed by atoms with van der Waals surface area (Å²) in [4.78, 5) is 24.6. The van der Waals surface area contributed by atoms with E-state index in [0.29, 0.717) is 11.9 Å². The first kappa shape index (κ1) is 21.8. The number of benzene rings is 1. The Balaban J connectivity index is 2.26. The first-order valence-electron chi connectivity index (χ1n) is 9.32. The Morgan fingerprint density at radius 2 is 1.68 bits per heavy atom. The van der Waals surface area contributed by atoms with Gasteiger partial charge in [-0.05, 0) is 59.6 Å². The van der Waals surface area contributed by atoms with Crippen molar-refractivity contribution in [2.24, 2.45) is 0 Å². The number of aromatic nitrogens is 1. The molecule has 28 heavy (non-hydrogen) atoms. The molecule has 0 bridgehead atoms. The molecule has 7 heteroatoms. The van der Waals surface area contributed by atoms with Crippen molar-refractivity contribution in [2.75, 3.05) is 6.61 Å². The number of carbonyl (C=O) groups excluding carboxylic acids is 2.